The zero-order valence-electron chi connectivity index (χ0n) is 12.8. The maximum absolute atomic E-state index is 12.8. The third-order valence-electron chi connectivity index (χ3n) is 3.93. The van der Waals surface area contributed by atoms with Crippen molar-refractivity contribution in [3.05, 3.63) is 42.5 Å². The number of anilines is 1. The summed E-state index contributed by atoms with van der Waals surface area (Å²) in [6.45, 7) is 2.02. The van der Waals surface area contributed by atoms with Crippen LogP contribution in [-0.4, -0.2) is 51.8 Å². The summed E-state index contributed by atoms with van der Waals surface area (Å²) in [4.78, 5) is 19.5. The molecule has 24 heavy (non-hydrogen) atoms. The highest BCUT2D eigenvalue weighted by molar-refractivity contribution is 5.76. The average Bonchev–Trinajstić information content (AvgIpc) is 3.07. The number of hydrogen-bond acceptors (Lipinski definition) is 4. The number of aromatic nitrogens is 3. The van der Waals surface area contributed by atoms with Gasteiger partial charge in [0, 0.05) is 31.9 Å². The van der Waals surface area contributed by atoms with Gasteiger partial charge in [0.1, 0.15) is 19.2 Å². The van der Waals surface area contributed by atoms with E-state index in [4.69, 9.17) is 0 Å². The summed E-state index contributed by atoms with van der Waals surface area (Å²) < 4.78 is 39.8. The fraction of sp³-hybridized carbons (Fsp3) is 0.400. The molecule has 0 spiro atoms. The number of nitrogens with zero attached hydrogens (tertiary/aromatic N) is 5. The van der Waals surface area contributed by atoms with Gasteiger partial charge in [0.05, 0.1) is 5.56 Å². The van der Waals surface area contributed by atoms with Crippen LogP contribution in [0.4, 0.5) is 18.9 Å². The first kappa shape index (κ1) is 16.3. The Bertz CT molecular complexity index is 693. The maximum Gasteiger partial charge on any atom is 0.416 e. The molecule has 9 heteroatoms. The van der Waals surface area contributed by atoms with E-state index in [0.717, 1.165) is 12.1 Å². The van der Waals surface area contributed by atoms with Crippen molar-refractivity contribution in [2.45, 2.75) is 12.7 Å². The van der Waals surface area contributed by atoms with Crippen molar-refractivity contribution >= 4 is 11.6 Å². The van der Waals surface area contributed by atoms with Gasteiger partial charge in [-0.2, -0.15) is 18.3 Å². The zero-order valence-corrected chi connectivity index (χ0v) is 12.8. The molecule has 0 bridgehead atoms. The molecule has 6 nitrogen and oxygen atoms in total. The first-order chi connectivity index (χ1) is 11.4. The Morgan fingerprint density at radius 3 is 2.54 bits per heavy atom. The topological polar surface area (TPSA) is 54.3 Å². The summed E-state index contributed by atoms with van der Waals surface area (Å²) in [5.41, 5.74) is -0.141. The van der Waals surface area contributed by atoms with Gasteiger partial charge in [0.15, 0.2) is 0 Å². The SMILES string of the molecule is O=C(Cn1cncn1)N1CCN(c2cccc(C(F)(F)F)c2)CC1. The van der Waals surface area contributed by atoms with Gasteiger partial charge in [-0.15, -0.1) is 0 Å². The van der Waals surface area contributed by atoms with Crippen LogP contribution in [-0.2, 0) is 17.5 Å². The van der Waals surface area contributed by atoms with E-state index in [1.54, 1.807) is 11.0 Å². The van der Waals surface area contributed by atoms with E-state index in [0.29, 0.717) is 31.9 Å². The molecule has 3 rings (SSSR count). The molecule has 1 aromatic carbocycles. The number of alkyl halides is 3. The summed E-state index contributed by atoms with van der Waals surface area (Å²) in [6, 6.07) is 5.26. The molecule has 0 unspecified atom stereocenters. The minimum atomic E-state index is -4.36. The van der Waals surface area contributed by atoms with E-state index < -0.39 is 11.7 Å². The molecule has 0 saturated carbocycles. The second kappa shape index (κ2) is 6.50. The van der Waals surface area contributed by atoms with Crippen LogP contribution < -0.4 is 4.90 Å². The van der Waals surface area contributed by atoms with Crippen LogP contribution in [0, 0.1) is 0 Å². The van der Waals surface area contributed by atoms with Crippen molar-refractivity contribution in [1.82, 2.24) is 19.7 Å². The predicted molar refractivity (Wildman–Crippen MR) is 80.3 cm³/mol. The van der Waals surface area contributed by atoms with Gasteiger partial charge in [-0.05, 0) is 18.2 Å². The molecule has 0 N–H and O–H groups in total. The number of carbonyl (C=O) groups excluding carboxylic acids is 1. The van der Waals surface area contributed by atoms with Crippen LogP contribution in [0.1, 0.15) is 5.56 Å². The Morgan fingerprint density at radius 2 is 1.92 bits per heavy atom. The number of rotatable bonds is 3. The molecular formula is C15H16F3N5O. The highest BCUT2D eigenvalue weighted by atomic mass is 19.4. The molecule has 0 atom stereocenters. The molecule has 128 valence electrons. The zero-order chi connectivity index (χ0) is 17.2. The van der Waals surface area contributed by atoms with Gasteiger partial charge >= 0.3 is 6.18 Å². The van der Waals surface area contributed by atoms with Crippen LogP contribution in [0.5, 0.6) is 0 Å². The lowest BCUT2D eigenvalue weighted by Crippen LogP contribution is -2.49. The highest BCUT2D eigenvalue weighted by Crippen LogP contribution is 2.31. The van der Waals surface area contributed by atoms with Crippen molar-refractivity contribution in [1.29, 1.82) is 0 Å². The number of benzene rings is 1. The fourth-order valence-electron chi connectivity index (χ4n) is 2.65. The quantitative estimate of drug-likeness (QED) is 0.853. The predicted octanol–water partition coefficient (Wildman–Crippen LogP) is 1.65. The summed E-state index contributed by atoms with van der Waals surface area (Å²) >= 11 is 0. The number of amides is 1. The van der Waals surface area contributed by atoms with Crippen molar-refractivity contribution in [3.8, 4) is 0 Å². The Labute approximate surface area is 136 Å². The summed E-state index contributed by atoms with van der Waals surface area (Å²) in [5, 5.41) is 3.89. The number of carbonyl (C=O) groups is 1. The molecule has 0 radical (unpaired) electrons. The van der Waals surface area contributed by atoms with E-state index in [1.807, 2.05) is 4.90 Å². The molecular weight excluding hydrogens is 323 g/mol. The summed E-state index contributed by atoms with van der Waals surface area (Å²) in [7, 11) is 0. The van der Waals surface area contributed by atoms with E-state index in [9.17, 15) is 18.0 Å². The Balaban J connectivity index is 1.60. The highest BCUT2D eigenvalue weighted by Gasteiger charge is 2.31. The smallest absolute Gasteiger partial charge is 0.368 e. The molecule has 2 heterocycles. The van der Waals surface area contributed by atoms with E-state index >= 15 is 0 Å². The first-order valence-corrected chi connectivity index (χ1v) is 7.46. The number of piperazine rings is 1. The monoisotopic (exact) mass is 339 g/mol. The Kier molecular flexibility index (Phi) is 4.41. The lowest BCUT2D eigenvalue weighted by atomic mass is 10.1. The lowest BCUT2D eigenvalue weighted by Gasteiger charge is -2.36. The van der Waals surface area contributed by atoms with E-state index in [1.165, 1.54) is 23.4 Å². The van der Waals surface area contributed by atoms with Crippen LogP contribution in [0.25, 0.3) is 0 Å². The molecule has 1 aliphatic rings. The van der Waals surface area contributed by atoms with Gasteiger partial charge in [-0.3, -0.25) is 4.79 Å². The maximum atomic E-state index is 12.8. The summed E-state index contributed by atoms with van der Waals surface area (Å²) in [5.74, 6) is -0.0795. The van der Waals surface area contributed by atoms with Crippen LogP contribution in [0.15, 0.2) is 36.9 Å². The molecule has 1 aromatic heterocycles. The average molecular weight is 339 g/mol. The first-order valence-electron chi connectivity index (χ1n) is 7.46. The molecule has 1 fully saturated rings. The van der Waals surface area contributed by atoms with Gasteiger partial charge in [0.25, 0.3) is 0 Å². The summed E-state index contributed by atoms with van der Waals surface area (Å²) in [6.07, 6.45) is -1.53. The van der Waals surface area contributed by atoms with Crippen molar-refractivity contribution in [2.24, 2.45) is 0 Å². The van der Waals surface area contributed by atoms with Gasteiger partial charge < -0.3 is 9.80 Å². The third kappa shape index (κ3) is 3.66. The third-order valence-corrected chi connectivity index (χ3v) is 3.93. The Morgan fingerprint density at radius 1 is 1.17 bits per heavy atom. The minimum absolute atomic E-state index is 0.0795. The molecule has 2 aromatic rings. The van der Waals surface area contributed by atoms with Crippen molar-refractivity contribution < 1.29 is 18.0 Å². The van der Waals surface area contributed by atoms with Crippen LogP contribution >= 0.6 is 0 Å². The lowest BCUT2D eigenvalue weighted by molar-refractivity contribution is -0.137. The largest absolute Gasteiger partial charge is 0.416 e. The fourth-order valence-corrected chi connectivity index (χ4v) is 2.65. The van der Waals surface area contributed by atoms with Crippen molar-refractivity contribution in [3.63, 3.8) is 0 Å². The number of halogens is 3. The number of hydrogen-bond donors (Lipinski definition) is 0. The van der Waals surface area contributed by atoms with Gasteiger partial charge in [-0.25, -0.2) is 9.67 Å². The van der Waals surface area contributed by atoms with Gasteiger partial charge in [0.2, 0.25) is 5.91 Å². The Hall–Kier alpha value is -2.58. The van der Waals surface area contributed by atoms with Gasteiger partial charge in [-0.1, -0.05) is 6.07 Å². The normalized spacial score (nSPS) is 15.6. The second-order valence-electron chi connectivity index (χ2n) is 5.51. The van der Waals surface area contributed by atoms with Crippen LogP contribution in [0.2, 0.25) is 0 Å². The molecule has 1 amide bonds. The second-order valence-corrected chi connectivity index (χ2v) is 5.51. The van der Waals surface area contributed by atoms with E-state index in [2.05, 4.69) is 10.1 Å². The van der Waals surface area contributed by atoms with Crippen molar-refractivity contribution in [2.75, 3.05) is 31.1 Å². The van der Waals surface area contributed by atoms with Crippen LogP contribution in [0.3, 0.4) is 0 Å². The molecule has 0 aliphatic carbocycles. The minimum Gasteiger partial charge on any atom is -0.368 e. The van der Waals surface area contributed by atoms with E-state index in [-0.39, 0.29) is 12.5 Å². The molecule has 1 aliphatic heterocycles. The molecule has 1 saturated heterocycles. The standard InChI is InChI=1S/C15H16F3N5O/c16-15(17,18)12-2-1-3-13(8-12)21-4-6-22(7-5-21)14(24)9-23-11-19-10-20-23/h1-3,8,10-11H,4-7,9H2.